The summed E-state index contributed by atoms with van der Waals surface area (Å²) < 4.78 is 0. The average molecular weight is 291 g/mol. The Morgan fingerprint density at radius 2 is 1.81 bits per heavy atom. The van der Waals surface area contributed by atoms with E-state index in [4.69, 9.17) is 0 Å². The van der Waals surface area contributed by atoms with Gasteiger partial charge in [0, 0.05) is 20.1 Å². The number of urea groups is 1. The van der Waals surface area contributed by atoms with Gasteiger partial charge in [-0.15, -0.1) is 0 Å². The van der Waals surface area contributed by atoms with Gasteiger partial charge in [-0.05, 0) is 38.1 Å². The van der Waals surface area contributed by atoms with Crippen LogP contribution in [0.2, 0.25) is 0 Å². The molecule has 1 aromatic rings. The first-order chi connectivity index (χ1) is 10.0. The number of anilines is 1. The molecule has 114 valence electrons. The molecule has 0 bridgehead atoms. The number of amides is 2. The lowest BCUT2D eigenvalue weighted by Gasteiger charge is -2.34. The summed E-state index contributed by atoms with van der Waals surface area (Å²) in [5.41, 5.74) is 0.544. The molecule has 0 spiro atoms. The molecular formula is C15H21N3O3. The van der Waals surface area contributed by atoms with Gasteiger partial charge in [-0.3, -0.25) is 4.90 Å². The lowest BCUT2D eigenvalue weighted by molar-refractivity contribution is 0.0697. The molecule has 1 aromatic carbocycles. The van der Waals surface area contributed by atoms with Crippen LogP contribution in [0.3, 0.4) is 0 Å². The standard InChI is InChI=1S/C15H21N3O3/c1-17(11-7-9-16-10-8-11)15(21)18(2)13-6-4-3-5-12(13)14(19)20/h3-6,11,16H,7-10H2,1-2H3,(H,19,20). The smallest absolute Gasteiger partial charge is 0.337 e. The highest BCUT2D eigenvalue weighted by Crippen LogP contribution is 2.21. The van der Waals surface area contributed by atoms with E-state index in [-0.39, 0.29) is 17.6 Å². The number of carboxylic acids is 1. The van der Waals surface area contributed by atoms with E-state index in [1.165, 1.54) is 11.0 Å². The monoisotopic (exact) mass is 291 g/mol. The zero-order valence-electron chi connectivity index (χ0n) is 12.4. The normalized spacial score (nSPS) is 15.5. The first kappa shape index (κ1) is 15.3. The quantitative estimate of drug-likeness (QED) is 0.887. The van der Waals surface area contributed by atoms with Gasteiger partial charge < -0.3 is 15.3 Å². The van der Waals surface area contributed by atoms with Crippen molar-refractivity contribution in [3.05, 3.63) is 29.8 Å². The number of para-hydroxylation sites is 1. The van der Waals surface area contributed by atoms with E-state index >= 15 is 0 Å². The Morgan fingerprint density at radius 3 is 2.43 bits per heavy atom. The van der Waals surface area contributed by atoms with Crippen LogP contribution >= 0.6 is 0 Å². The van der Waals surface area contributed by atoms with Crippen LogP contribution in [-0.2, 0) is 0 Å². The summed E-state index contributed by atoms with van der Waals surface area (Å²) in [4.78, 5) is 26.9. The van der Waals surface area contributed by atoms with Crippen LogP contribution in [0.4, 0.5) is 10.5 Å². The third-order valence-electron chi connectivity index (χ3n) is 3.94. The van der Waals surface area contributed by atoms with E-state index in [0.717, 1.165) is 25.9 Å². The second kappa shape index (κ2) is 6.58. The third-order valence-corrected chi connectivity index (χ3v) is 3.94. The van der Waals surface area contributed by atoms with Crippen molar-refractivity contribution in [3.63, 3.8) is 0 Å². The van der Waals surface area contributed by atoms with Gasteiger partial charge in [-0.1, -0.05) is 12.1 Å². The molecule has 0 radical (unpaired) electrons. The van der Waals surface area contributed by atoms with E-state index in [1.54, 1.807) is 37.2 Å². The number of nitrogens with one attached hydrogen (secondary N) is 1. The topological polar surface area (TPSA) is 72.9 Å². The number of carbonyl (C=O) groups is 2. The maximum Gasteiger partial charge on any atom is 0.337 e. The Morgan fingerprint density at radius 1 is 1.19 bits per heavy atom. The summed E-state index contributed by atoms with van der Waals surface area (Å²) in [5, 5.41) is 12.5. The van der Waals surface area contributed by atoms with Crippen molar-refractivity contribution in [3.8, 4) is 0 Å². The molecule has 0 unspecified atom stereocenters. The van der Waals surface area contributed by atoms with Gasteiger partial charge in [-0.2, -0.15) is 0 Å². The highest BCUT2D eigenvalue weighted by Gasteiger charge is 2.26. The summed E-state index contributed by atoms with van der Waals surface area (Å²) in [5.74, 6) is -1.03. The fourth-order valence-corrected chi connectivity index (χ4v) is 2.64. The Hall–Kier alpha value is -2.08. The van der Waals surface area contributed by atoms with Gasteiger partial charge in [0.25, 0.3) is 0 Å². The number of nitrogens with zero attached hydrogens (tertiary/aromatic N) is 2. The number of carboxylic acid groups (broad SMARTS) is 1. The minimum absolute atomic E-state index is 0.132. The number of hydrogen-bond acceptors (Lipinski definition) is 3. The van der Waals surface area contributed by atoms with Crippen LogP contribution in [0.15, 0.2) is 24.3 Å². The van der Waals surface area contributed by atoms with Crippen molar-refractivity contribution in [1.82, 2.24) is 10.2 Å². The third kappa shape index (κ3) is 3.33. The maximum atomic E-state index is 12.6. The molecular weight excluding hydrogens is 270 g/mol. The minimum atomic E-state index is -1.03. The Bertz CT molecular complexity index is 527. The lowest BCUT2D eigenvalue weighted by Crippen LogP contribution is -2.48. The van der Waals surface area contributed by atoms with Crippen molar-refractivity contribution >= 4 is 17.7 Å². The zero-order chi connectivity index (χ0) is 15.4. The van der Waals surface area contributed by atoms with Crippen LogP contribution in [-0.4, -0.2) is 55.2 Å². The number of hydrogen-bond donors (Lipinski definition) is 2. The predicted octanol–water partition coefficient (Wildman–Crippen LogP) is 1.62. The molecule has 2 amide bonds. The summed E-state index contributed by atoms with van der Waals surface area (Å²) in [6.07, 6.45) is 1.83. The number of benzene rings is 1. The van der Waals surface area contributed by atoms with Crippen LogP contribution < -0.4 is 10.2 Å². The lowest BCUT2D eigenvalue weighted by atomic mass is 10.1. The largest absolute Gasteiger partial charge is 0.478 e. The highest BCUT2D eigenvalue weighted by atomic mass is 16.4. The molecule has 2 rings (SSSR count). The molecule has 0 aliphatic carbocycles. The van der Waals surface area contributed by atoms with Gasteiger partial charge >= 0.3 is 12.0 Å². The van der Waals surface area contributed by atoms with E-state index < -0.39 is 5.97 Å². The fraction of sp³-hybridized carbons (Fsp3) is 0.467. The molecule has 0 atom stereocenters. The first-order valence-electron chi connectivity index (χ1n) is 7.06. The van der Waals surface area contributed by atoms with E-state index in [2.05, 4.69) is 5.32 Å². The molecule has 0 saturated carbocycles. The molecule has 2 N–H and O–H groups in total. The molecule has 1 saturated heterocycles. The number of rotatable bonds is 3. The predicted molar refractivity (Wildman–Crippen MR) is 80.9 cm³/mol. The second-order valence-corrected chi connectivity index (χ2v) is 5.26. The van der Waals surface area contributed by atoms with E-state index in [0.29, 0.717) is 5.69 Å². The molecule has 1 heterocycles. The van der Waals surface area contributed by atoms with Crippen molar-refractivity contribution in [2.75, 3.05) is 32.1 Å². The number of carbonyl (C=O) groups excluding carboxylic acids is 1. The van der Waals surface area contributed by atoms with Gasteiger partial charge in [0.2, 0.25) is 0 Å². The van der Waals surface area contributed by atoms with E-state index in [9.17, 15) is 14.7 Å². The number of aromatic carboxylic acids is 1. The molecule has 1 fully saturated rings. The summed E-state index contributed by atoms with van der Waals surface area (Å²) in [6, 6.07) is 6.55. The van der Waals surface area contributed by atoms with E-state index in [1.807, 2.05) is 0 Å². The van der Waals surface area contributed by atoms with Crippen molar-refractivity contribution in [2.24, 2.45) is 0 Å². The maximum absolute atomic E-state index is 12.6. The number of piperidine rings is 1. The second-order valence-electron chi connectivity index (χ2n) is 5.26. The summed E-state index contributed by atoms with van der Waals surface area (Å²) in [7, 11) is 3.39. The van der Waals surface area contributed by atoms with Crippen LogP contribution in [0, 0.1) is 0 Å². The Labute approximate surface area is 124 Å². The van der Waals surface area contributed by atoms with Gasteiger partial charge in [0.05, 0.1) is 11.3 Å². The van der Waals surface area contributed by atoms with Crippen molar-refractivity contribution < 1.29 is 14.7 Å². The highest BCUT2D eigenvalue weighted by molar-refractivity contribution is 6.01. The molecule has 1 aliphatic rings. The van der Waals surface area contributed by atoms with Crippen LogP contribution in [0.5, 0.6) is 0 Å². The fourth-order valence-electron chi connectivity index (χ4n) is 2.64. The molecule has 0 aromatic heterocycles. The SMILES string of the molecule is CN(C(=O)N(C)C1CCNCC1)c1ccccc1C(=O)O. The molecule has 6 heteroatoms. The molecule has 6 nitrogen and oxygen atoms in total. The summed E-state index contributed by atoms with van der Waals surface area (Å²) >= 11 is 0. The van der Waals surface area contributed by atoms with Crippen molar-refractivity contribution in [2.45, 2.75) is 18.9 Å². The van der Waals surface area contributed by atoms with Gasteiger partial charge in [0.15, 0.2) is 0 Å². The first-order valence-corrected chi connectivity index (χ1v) is 7.06. The Balaban J connectivity index is 2.17. The van der Waals surface area contributed by atoms with Gasteiger partial charge in [-0.25, -0.2) is 9.59 Å². The Kier molecular flexibility index (Phi) is 4.80. The van der Waals surface area contributed by atoms with Crippen LogP contribution in [0.1, 0.15) is 23.2 Å². The minimum Gasteiger partial charge on any atom is -0.478 e. The average Bonchev–Trinajstić information content (AvgIpc) is 2.53. The molecule has 1 aliphatic heterocycles. The van der Waals surface area contributed by atoms with Crippen molar-refractivity contribution in [1.29, 1.82) is 0 Å². The molecule has 21 heavy (non-hydrogen) atoms. The van der Waals surface area contributed by atoms with Crippen LogP contribution in [0.25, 0.3) is 0 Å². The van der Waals surface area contributed by atoms with Gasteiger partial charge in [0.1, 0.15) is 0 Å². The zero-order valence-corrected chi connectivity index (χ0v) is 12.4. The summed E-state index contributed by atoms with van der Waals surface area (Å²) in [6.45, 7) is 1.80.